The van der Waals surface area contributed by atoms with Gasteiger partial charge in [0.2, 0.25) is 5.95 Å². The van der Waals surface area contributed by atoms with Crippen molar-refractivity contribution in [1.82, 2.24) is 24.6 Å². The van der Waals surface area contributed by atoms with Crippen molar-refractivity contribution >= 4 is 22.8 Å². The summed E-state index contributed by atoms with van der Waals surface area (Å²) in [6.07, 6.45) is 0. The summed E-state index contributed by atoms with van der Waals surface area (Å²) in [6, 6.07) is 22.6. The highest BCUT2D eigenvalue weighted by Crippen LogP contribution is 2.34. The second-order valence-corrected chi connectivity index (χ2v) is 9.11. The van der Waals surface area contributed by atoms with Gasteiger partial charge in [-0.05, 0) is 35.9 Å². The third-order valence-electron chi connectivity index (χ3n) is 6.61. The van der Waals surface area contributed by atoms with Crippen molar-refractivity contribution in [1.29, 1.82) is 0 Å². The van der Waals surface area contributed by atoms with Gasteiger partial charge in [-0.15, -0.1) is 5.10 Å². The molecule has 6 rings (SSSR count). The van der Waals surface area contributed by atoms with Gasteiger partial charge in [0.1, 0.15) is 17.5 Å². The first-order valence-electron chi connectivity index (χ1n) is 12.1. The zero-order valence-electron chi connectivity index (χ0n) is 20.1. The molecule has 0 radical (unpaired) electrons. The highest BCUT2D eigenvalue weighted by atomic mass is 19.1. The van der Waals surface area contributed by atoms with E-state index in [4.69, 9.17) is 15.7 Å². The van der Waals surface area contributed by atoms with Crippen LogP contribution in [0.25, 0.3) is 28.0 Å². The largest absolute Gasteiger partial charge is 0.383 e. The van der Waals surface area contributed by atoms with Gasteiger partial charge in [-0.3, -0.25) is 4.90 Å². The molecule has 1 saturated heterocycles. The molecule has 0 amide bonds. The van der Waals surface area contributed by atoms with Gasteiger partial charge in [0.15, 0.2) is 5.65 Å². The van der Waals surface area contributed by atoms with Crippen molar-refractivity contribution in [3.63, 3.8) is 0 Å². The maximum Gasteiger partial charge on any atom is 0.228 e. The highest BCUT2D eigenvalue weighted by molar-refractivity contribution is 5.99. The minimum Gasteiger partial charge on any atom is -0.383 e. The number of rotatable bonds is 5. The molecule has 3 heterocycles. The smallest absolute Gasteiger partial charge is 0.228 e. The first kappa shape index (κ1) is 23.1. The molecule has 0 atom stereocenters. The first-order chi connectivity index (χ1) is 18.0. The molecule has 0 unspecified atom stereocenters. The van der Waals surface area contributed by atoms with Gasteiger partial charge in [-0.2, -0.15) is 4.98 Å². The number of halogens is 2. The minimum absolute atomic E-state index is 0.263. The Bertz CT molecular complexity index is 1560. The van der Waals surface area contributed by atoms with Gasteiger partial charge in [0.05, 0.1) is 16.8 Å². The van der Waals surface area contributed by atoms with Crippen molar-refractivity contribution < 1.29 is 8.78 Å². The van der Waals surface area contributed by atoms with Crippen molar-refractivity contribution in [3.05, 3.63) is 96.1 Å². The Morgan fingerprint density at radius 1 is 0.784 bits per heavy atom. The van der Waals surface area contributed by atoms with Gasteiger partial charge in [-0.25, -0.2) is 18.4 Å². The fourth-order valence-corrected chi connectivity index (χ4v) is 4.74. The van der Waals surface area contributed by atoms with E-state index in [-0.39, 0.29) is 11.6 Å². The predicted molar refractivity (Wildman–Crippen MR) is 140 cm³/mol. The summed E-state index contributed by atoms with van der Waals surface area (Å²) in [4.78, 5) is 14.1. The zero-order valence-corrected chi connectivity index (χ0v) is 20.1. The lowest BCUT2D eigenvalue weighted by atomic mass is 10.1. The molecule has 9 heteroatoms. The summed E-state index contributed by atoms with van der Waals surface area (Å²) < 4.78 is 29.6. The van der Waals surface area contributed by atoms with E-state index < -0.39 is 5.82 Å². The second kappa shape index (κ2) is 9.59. The molecule has 1 fully saturated rings. The van der Waals surface area contributed by atoms with E-state index in [0.29, 0.717) is 33.9 Å². The lowest BCUT2D eigenvalue weighted by Gasteiger charge is -2.34. The molecule has 0 spiro atoms. The first-order valence-corrected chi connectivity index (χ1v) is 12.1. The molecule has 0 bridgehead atoms. The summed E-state index contributed by atoms with van der Waals surface area (Å²) in [5, 5.41) is 5.10. The molecule has 2 aromatic heterocycles. The molecule has 1 aliphatic heterocycles. The topological polar surface area (TPSA) is 76.1 Å². The number of hydrogen-bond acceptors (Lipinski definition) is 6. The van der Waals surface area contributed by atoms with Crippen LogP contribution in [0.4, 0.5) is 20.5 Å². The fourth-order valence-electron chi connectivity index (χ4n) is 4.74. The molecule has 2 N–H and O–H groups in total. The van der Waals surface area contributed by atoms with Crippen LogP contribution in [0.3, 0.4) is 0 Å². The Morgan fingerprint density at radius 3 is 2.24 bits per heavy atom. The maximum absolute atomic E-state index is 14.2. The monoisotopic (exact) mass is 497 g/mol. The number of piperazine rings is 1. The molecular formula is C28H25F2N7. The van der Waals surface area contributed by atoms with Gasteiger partial charge in [-0.1, -0.05) is 48.5 Å². The van der Waals surface area contributed by atoms with Gasteiger partial charge < -0.3 is 10.6 Å². The fraction of sp³-hybridized carbons (Fsp3) is 0.179. The Balaban J connectivity index is 1.38. The van der Waals surface area contributed by atoms with E-state index in [1.165, 1.54) is 34.5 Å². The summed E-state index contributed by atoms with van der Waals surface area (Å²) in [6.45, 7) is 4.07. The number of benzene rings is 3. The van der Waals surface area contributed by atoms with Crippen molar-refractivity contribution in [2.45, 2.75) is 6.54 Å². The average Bonchev–Trinajstić information content (AvgIpc) is 3.25. The molecule has 3 aromatic carbocycles. The van der Waals surface area contributed by atoms with Crippen LogP contribution >= 0.6 is 0 Å². The molecule has 0 saturated carbocycles. The van der Waals surface area contributed by atoms with Crippen LogP contribution in [0, 0.1) is 11.6 Å². The Morgan fingerprint density at radius 2 is 1.51 bits per heavy atom. The van der Waals surface area contributed by atoms with E-state index in [9.17, 15) is 8.78 Å². The van der Waals surface area contributed by atoms with E-state index in [1.807, 2.05) is 6.07 Å². The van der Waals surface area contributed by atoms with Gasteiger partial charge in [0.25, 0.3) is 0 Å². The third kappa shape index (κ3) is 4.61. The Labute approximate surface area is 212 Å². The SMILES string of the molecule is Nc1c2c(-c3cccc(F)c3)nc(N3CCN(Cc4ccccc4)CC3)nc2nn1-c1cccc(F)c1. The van der Waals surface area contributed by atoms with Gasteiger partial charge in [0, 0.05) is 38.3 Å². The van der Waals surface area contributed by atoms with Crippen LogP contribution in [-0.4, -0.2) is 50.8 Å². The lowest BCUT2D eigenvalue weighted by molar-refractivity contribution is 0.249. The summed E-state index contributed by atoms with van der Waals surface area (Å²) >= 11 is 0. The lowest BCUT2D eigenvalue weighted by Crippen LogP contribution is -2.46. The number of nitrogen functional groups attached to an aromatic ring is 1. The zero-order chi connectivity index (χ0) is 25.4. The van der Waals surface area contributed by atoms with Gasteiger partial charge >= 0.3 is 0 Å². The molecule has 37 heavy (non-hydrogen) atoms. The Kier molecular flexibility index (Phi) is 5.97. The normalized spacial score (nSPS) is 14.4. The second-order valence-electron chi connectivity index (χ2n) is 9.11. The molecule has 5 aromatic rings. The average molecular weight is 498 g/mol. The van der Waals surface area contributed by atoms with Crippen molar-refractivity contribution in [2.24, 2.45) is 0 Å². The van der Waals surface area contributed by atoms with Crippen molar-refractivity contribution in [3.8, 4) is 16.9 Å². The van der Waals surface area contributed by atoms with Crippen LogP contribution in [-0.2, 0) is 6.54 Å². The number of nitrogens with two attached hydrogens (primary N) is 1. The maximum atomic E-state index is 14.2. The standard InChI is InChI=1S/C28H25F2N7/c29-21-9-4-8-20(16-21)25-24-26(31)37(23-11-5-10-22(30)17-23)34-27(24)33-28(32-25)36-14-12-35(13-15-36)18-19-6-2-1-3-7-19/h1-11,16-17H,12-15,18,31H2. The molecular weight excluding hydrogens is 472 g/mol. The number of nitrogens with zero attached hydrogens (tertiary/aromatic N) is 6. The van der Waals surface area contributed by atoms with E-state index >= 15 is 0 Å². The third-order valence-corrected chi connectivity index (χ3v) is 6.61. The quantitative estimate of drug-likeness (QED) is 0.381. The summed E-state index contributed by atoms with van der Waals surface area (Å²) in [5.74, 6) is -0.00695. The predicted octanol–water partition coefficient (Wildman–Crippen LogP) is 4.67. The van der Waals surface area contributed by atoms with Crippen LogP contribution in [0.1, 0.15) is 5.56 Å². The number of fused-ring (bicyclic) bond motifs is 1. The molecule has 0 aliphatic carbocycles. The van der Waals surface area contributed by atoms with Crippen LogP contribution in [0.2, 0.25) is 0 Å². The van der Waals surface area contributed by atoms with E-state index in [2.05, 4.69) is 39.2 Å². The van der Waals surface area contributed by atoms with Crippen LogP contribution in [0.15, 0.2) is 78.9 Å². The minimum atomic E-state index is -0.401. The number of aromatic nitrogens is 4. The summed E-state index contributed by atoms with van der Waals surface area (Å²) in [7, 11) is 0. The van der Waals surface area contributed by atoms with E-state index in [1.54, 1.807) is 24.3 Å². The van der Waals surface area contributed by atoms with Crippen LogP contribution < -0.4 is 10.6 Å². The Hall–Kier alpha value is -4.37. The molecule has 186 valence electrons. The number of anilines is 2. The molecule has 1 aliphatic rings. The van der Waals surface area contributed by atoms with Crippen LogP contribution in [0.5, 0.6) is 0 Å². The number of hydrogen-bond donors (Lipinski definition) is 1. The van der Waals surface area contributed by atoms with E-state index in [0.717, 1.165) is 32.7 Å². The molecule has 7 nitrogen and oxygen atoms in total. The highest BCUT2D eigenvalue weighted by Gasteiger charge is 2.24. The summed E-state index contributed by atoms with van der Waals surface area (Å²) in [5.41, 5.74) is 9.68. The van der Waals surface area contributed by atoms with Crippen molar-refractivity contribution in [2.75, 3.05) is 36.8 Å².